The van der Waals surface area contributed by atoms with Crippen molar-refractivity contribution >= 4 is 46.9 Å². The molecule has 0 aliphatic heterocycles. The van der Waals surface area contributed by atoms with Crippen LogP contribution in [0.2, 0.25) is 0 Å². The maximum atomic E-state index is 13.2. The molecule has 0 heterocycles. The Morgan fingerprint density at radius 1 is 0.521 bits per heavy atom. The Kier molecular flexibility index (Phi) is 23.5. The van der Waals surface area contributed by atoms with Crippen LogP contribution in [-0.2, 0) is 38.4 Å². The lowest BCUT2D eigenvalue weighted by Gasteiger charge is -2.23. The molecule has 0 aromatic rings. The maximum Gasteiger partial charge on any atom is 0.222 e. The molecule has 0 spiro atoms. The fourth-order valence-corrected chi connectivity index (χ4v) is 5.28. The molecule has 0 saturated carbocycles. The van der Waals surface area contributed by atoms with Gasteiger partial charge in [0.1, 0.15) is 17.3 Å². The predicted octanol–water partition coefficient (Wildman–Crippen LogP) is 2.95. The van der Waals surface area contributed by atoms with Gasteiger partial charge in [0, 0.05) is 76.0 Å². The molecule has 0 bridgehead atoms. The largest absolute Gasteiger partial charge is 0.370 e. The van der Waals surface area contributed by atoms with Crippen molar-refractivity contribution in [2.24, 2.45) is 17.6 Å². The van der Waals surface area contributed by atoms with Crippen LogP contribution in [0, 0.1) is 11.8 Å². The third-order valence-corrected chi connectivity index (χ3v) is 8.11. The van der Waals surface area contributed by atoms with Crippen molar-refractivity contribution < 1.29 is 38.4 Å². The normalized spacial score (nSPS) is 14.0. The molecule has 0 aromatic carbocycles. The summed E-state index contributed by atoms with van der Waals surface area (Å²) in [6.45, 7) is 10.5. The van der Waals surface area contributed by atoms with Gasteiger partial charge >= 0.3 is 0 Å². The Morgan fingerprint density at radius 3 is 1.50 bits per heavy atom. The Morgan fingerprint density at radius 2 is 1.00 bits per heavy atom. The first kappa shape index (κ1) is 44.4. The summed E-state index contributed by atoms with van der Waals surface area (Å²) in [6.07, 6.45) is 4.88. The van der Waals surface area contributed by atoms with Crippen LogP contribution in [0.25, 0.3) is 0 Å². The molecule has 48 heavy (non-hydrogen) atoms. The van der Waals surface area contributed by atoms with Crippen LogP contribution in [-0.4, -0.2) is 71.6 Å². The number of ketones is 3. The molecule has 0 saturated heterocycles. The molecule has 6 N–H and O–H groups in total. The van der Waals surface area contributed by atoms with Crippen molar-refractivity contribution in [1.82, 2.24) is 21.3 Å². The second-order valence-corrected chi connectivity index (χ2v) is 13.4. The van der Waals surface area contributed by atoms with Gasteiger partial charge in [0.2, 0.25) is 29.5 Å². The van der Waals surface area contributed by atoms with E-state index in [4.69, 9.17) is 5.73 Å². The molecule has 274 valence electrons. The fraction of sp³-hybridized carbons (Fsp3) is 0.771. The van der Waals surface area contributed by atoms with Crippen LogP contribution in [0.4, 0.5) is 0 Å². The van der Waals surface area contributed by atoms with Gasteiger partial charge in [-0.25, -0.2) is 0 Å². The van der Waals surface area contributed by atoms with Crippen LogP contribution in [0.5, 0.6) is 0 Å². The highest BCUT2D eigenvalue weighted by Gasteiger charge is 2.23. The fourth-order valence-electron chi connectivity index (χ4n) is 5.28. The van der Waals surface area contributed by atoms with Gasteiger partial charge in [-0.3, -0.25) is 28.8 Å². The SMILES string of the molecule is CCC(CCC(N)=O)NC(=O)CCC(CC(=O)NC(CCCNC(=O)CC(C)CCC(C)=O)CC(C)=O)NC(=O)CC(C)CCC(C)=O. The summed E-state index contributed by atoms with van der Waals surface area (Å²) in [5.74, 6) is -1.45. The van der Waals surface area contributed by atoms with Gasteiger partial charge in [-0.05, 0) is 77.6 Å². The van der Waals surface area contributed by atoms with Gasteiger partial charge in [-0.15, -0.1) is 0 Å². The number of Topliss-reactive ketones (excluding diaryl/α,β-unsaturated/α-hetero) is 3. The van der Waals surface area contributed by atoms with Gasteiger partial charge < -0.3 is 36.6 Å². The number of nitrogens with one attached hydrogen (secondary N) is 4. The summed E-state index contributed by atoms with van der Waals surface area (Å²) in [5.41, 5.74) is 5.23. The van der Waals surface area contributed by atoms with Gasteiger partial charge in [-0.2, -0.15) is 0 Å². The number of carbonyl (C=O) groups excluding carboxylic acids is 8. The Bertz CT molecular complexity index is 1080. The second-order valence-electron chi connectivity index (χ2n) is 13.4. The first-order chi connectivity index (χ1) is 22.5. The molecule has 0 radical (unpaired) electrons. The minimum Gasteiger partial charge on any atom is -0.370 e. The van der Waals surface area contributed by atoms with Gasteiger partial charge in [-0.1, -0.05) is 20.8 Å². The summed E-state index contributed by atoms with van der Waals surface area (Å²) in [6, 6.07) is -1.35. The standard InChI is InChI=1S/C35H61N5O8/c1-7-28(14-16-31(36)44)38-32(45)17-15-30(40-34(47)20-24(3)11-13-26(5)42)22-35(48)39-29(21-27(6)43)9-8-18-37-33(46)19-23(2)10-12-25(4)41/h23-24,28-30H,7-22H2,1-6H3,(H2,36,44)(H,37,46)(H,38,45)(H,39,48)(H,40,47). The molecule has 5 amide bonds. The first-order valence-corrected chi connectivity index (χ1v) is 17.4. The Balaban J connectivity index is 5.26. The zero-order chi connectivity index (χ0) is 36.6. The highest BCUT2D eigenvalue weighted by atomic mass is 16.2. The summed E-state index contributed by atoms with van der Waals surface area (Å²) in [5, 5.41) is 11.5. The highest BCUT2D eigenvalue weighted by molar-refractivity contribution is 5.82. The van der Waals surface area contributed by atoms with Gasteiger partial charge in [0.25, 0.3) is 0 Å². The van der Waals surface area contributed by atoms with E-state index in [1.807, 2.05) is 20.8 Å². The van der Waals surface area contributed by atoms with E-state index < -0.39 is 18.0 Å². The molecule has 0 fully saturated rings. The summed E-state index contributed by atoms with van der Waals surface area (Å²) in [4.78, 5) is 96.7. The number of amides is 5. The van der Waals surface area contributed by atoms with Crippen LogP contribution in [0.1, 0.15) is 138 Å². The zero-order valence-electron chi connectivity index (χ0n) is 30.0. The number of nitrogens with two attached hydrogens (primary N) is 1. The monoisotopic (exact) mass is 679 g/mol. The van der Waals surface area contributed by atoms with Crippen LogP contribution in [0.15, 0.2) is 0 Å². The van der Waals surface area contributed by atoms with Crippen molar-refractivity contribution in [1.29, 1.82) is 0 Å². The van der Waals surface area contributed by atoms with E-state index in [1.165, 1.54) is 20.8 Å². The molecule has 13 heteroatoms. The van der Waals surface area contributed by atoms with E-state index >= 15 is 0 Å². The van der Waals surface area contributed by atoms with E-state index in [0.29, 0.717) is 64.3 Å². The topological polar surface area (TPSA) is 211 Å². The van der Waals surface area contributed by atoms with Gasteiger partial charge in [0.15, 0.2) is 0 Å². The molecule has 0 aliphatic carbocycles. The van der Waals surface area contributed by atoms with E-state index in [-0.39, 0.29) is 97.4 Å². The molecular formula is C35H61N5O8. The van der Waals surface area contributed by atoms with E-state index in [0.717, 1.165) is 0 Å². The first-order valence-electron chi connectivity index (χ1n) is 17.4. The molecule has 5 unspecified atom stereocenters. The smallest absolute Gasteiger partial charge is 0.222 e. The van der Waals surface area contributed by atoms with Crippen LogP contribution in [0.3, 0.4) is 0 Å². The maximum absolute atomic E-state index is 13.2. The highest BCUT2D eigenvalue weighted by Crippen LogP contribution is 2.14. The van der Waals surface area contributed by atoms with E-state index in [9.17, 15) is 38.4 Å². The number of rotatable bonds is 28. The number of hydrogen-bond acceptors (Lipinski definition) is 8. The molecule has 0 rings (SSSR count). The number of primary amides is 1. The summed E-state index contributed by atoms with van der Waals surface area (Å²) in [7, 11) is 0. The van der Waals surface area contributed by atoms with Crippen molar-refractivity contribution in [2.75, 3.05) is 6.54 Å². The molecular weight excluding hydrogens is 618 g/mol. The van der Waals surface area contributed by atoms with Crippen LogP contribution >= 0.6 is 0 Å². The van der Waals surface area contributed by atoms with Gasteiger partial charge in [0.05, 0.1) is 0 Å². The lowest BCUT2D eigenvalue weighted by Crippen LogP contribution is -2.43. The Hall–Kier alpha value is -3.64. The summed E-state index contributed by atoms with van der Waals surface area (Å²) < 4.78 is 0. The summed E-state index contributed by atoms with van der Waals surface area (Å²) >= 11 is 0. The lowest BCUT2D eigenvalue weighted by molar-refractivity contribution is -0.127. The number of carbonyl (C=O) groups is 8. The van der Waals surface area contributed by atoms with Crippen molar-refractivity contribution in [2.45, 2.75) is 156 Å². The third kappa shape index (κ3) is 25.4. The average Bonchev–Trinajstić information content (AvgIpc) is 2.97. The van der Waals surface area contributed by atoms with Crippen LogP contribution < -0.4 is 27.0 Å². The minimum absolute atomic E-state index is 0.0368. The van der Waals surface area contributed by atoms with Crippen molar-refractivity contribution in [3.8, 4) is 0 Å². The number of hydrogen-bond donors (Lipinski definition) is 5. The minimum atomic E-state index is -0.656. The second kappa shape index (κ2) is 25.4. The molecule has 5 atom stereocenters. The van der Waals surface area contributed by atoms with Crippen molar-refractivity contribution in [3.05, 3.63) is 0 Å². The van der Waals surface area contributed by atoms with E-state index in [2.05, 4.69) is 21.3 Å². The lowest BCUT2D eigenvalue weighted by atomic mass is 9.99. The third-order valence-electron chi connectivity index (χ3n) is 8.11. The quantitative estimate of drug-likeness (QED) is 0.0774. The van der Waals surface area contributed by atoms with Crippen molar-refractivity contribution in [3.63, 3.8) is 0 Å². The Labute approximate surface area is 286 Å². The molecule has 13 nitrogen and oxygen atoms in total. The molecule has 0 aromatic heterocycles. The molecule has 0 aliphatic rings. The predicted molar refractivity (Wildman–Crippen MR) is 183 cm³/mol. The van der Waals surface area contributed by atoms with E-state index in [1.54, 1.807) is 0 Å². The zero-order valence-corrected chi connectivity index (χ0v) is 30.0. The average molecular weight is 680 g/mol.